The van der Waals surface area contributed by atoms with Crippen molar-refractivity contribution in [1.29, 1.82) is 5.26 Å². The van der Waals surface area contributed by atoms with Gasteiger partial charge < -0.3 is 14.7 Å². The molecule has 0 aromatic carbocycles. The zero-order valence-electron chi connectivity index (χ0n) is 20.7. The topological polar surface area (TPSA) is 120 Å². The van der Waals surface area contributed by atoms with Gasteiger partial charge in [0.1, 0.15) is 30.0 Å². The van der Waals surface area contributed by atoms with Gasteiger partial charge in [-0.1, -0.05) is 0 Å². The number of nitrogens with zero attached hydrogens (tertiary/aromatic N) is 10. The summed E-state index contributed by atoms with van der Waals surface area (Å²) in [4.78, 5) is 41.6. The fraction of sp³-hybridized carbons (Fsp3) is 0.346. The largest absolute Gasteiger partial charge is 0.369 e. The van der Waals surface area contributed by atoms with Gasteiger partial charge in [-0.2, -0.15) is 5.26 Å². The van der Waals surface area contributed by atoms with Gasteiger partial charge in [-0.25, -0.2) is 24.9 Å². The van der Waals surface area contributed by atoms with Crippen LogP contribution in [-0.2, 0) is 0 Å². The van der Waals surface area contributed by atoms with Gasteiger partial charge in [0.25, 0.3) is 5.91 Å². The van der Waals surface area contributed by atoms with Gasteiger partial charge in [-0.15, -0.1) is 0 Å². The van der Waals surface area contributed by atoms with Gasteiger partial charge in [0.15, 0.2) is 5.65 Å². The van der Waals surface area contributed by atoms with Crippen LogP contribution in [0.25, 0.3) is 16.9 Å². The molecule has 2 saturated heterocycles. The average molecular weight is 495 g/mol. The molecule has 6 heterocycles. The number of amides is 1. The first kappa shape index (κ1) is 22.8. The second-order valence-electron chi connectivity index (χ2n) is 9.54. The Morgan fingerprint density at radius 1 is 1.03 bits per heavy atom. The first-order valence-electron chi connectivity index (χ1n) is 12.4. The highest BCUT2D eigenvalue weighted by Gasteiger charge is 2.35. The molecule has 2 fully saturated rings. The van der Waals surface area contributed by atoms with Crippen molar-refractivity contribution in [3.8, 4) is 11.9 Å². The number of hydrogen-bond acceptors (Lipinski definition) is 9. The zero-order valence-corrected chi connectivity index (χ0v) is 20.7. The summed E-state index contributed by atoms with van der Waals surface area (Å²) in [6.45, 7) is 7.25. The Labute approximate surface area is 214 Å². The van der Waals surface area contributed by atoms with Gasteiger partial charge in [0, 0.05) is 56.9 Å². The third-order valence-corrected chi connectivity index (χ3v) is 7.18. The van der Waals surface area contributed by atoms with E-state index < -0.39 is 0 Å². The molecule has 0 unspecified atom stereocenters. The Hall–Kier alpha value is -4.59. The Morgan fingerprint density at radius 3 is 2.62 bits per heavy atom. The summed E-state index contributed by atoms with van der Waals surface area (Å²) < 4.78 is 1.94. The first-order valence-corrected chi connectivity index (χ1v) is 12.4. The van der Waals surface area contributed by atoms with Crippen LogP contribution >= 0.6 is 0 Å². The number of pyridine rings is 1. The normalized spacial score (nSPS) is 19.5. The summed E-state index contributed by atoms with van der Waals surface area (Å²) in [5.41, 5.74) is 2.74. The number of rotatable bonds is 4. The van der Waals surface area contributed by atoms with Crippen LogP contribution in [-0.4, -0.2) is 78.6 Å². The quantitative estimate of drug-likeness (QED) is 0.421. The lowest BCUT2D eigenvalue weighted by Gasteiger charge is -2.45. The van der Waals surface area contributed by atoms with Crippen LogP contribution in [0.2, 0.25) is 0 Å². The van der Waals surface area contributed by atoms with Gasteiger partial charge in [0.2, 0.25) is 0 Å². The molecule has 0 N–H and O–H groups in total. The van der Waals surface area contributed by atoms with E-state index >= 15 is 0 Å². The predicted octanol–water partition coefficient (Wildman–Crippen LogP) is 2.43. The maximum atomic E-state index is 13.2. The summed E-state index contributed by atoms with van der Waals surface area (Å²) in [7, 11) is 0. The van der Waals surface area contributed by atoms with E-state index in [9.17, 15) is 10.1 Å². The van der Waals surface area contributed by atoms with Crippen molar-refractivity contribution in [3.63, 3.8) is 0 Å². The highest BCUT2D eigenvalue weighted by molar-refractivity contribution is 6.01. The lowest BCUT2D eigenvalue weighted by atomic mass is 10.1. The molecule has 2 aliphatic rings. The Kier molecular flexibility index (Phi) is 5.64. The molecule has 0 bridgehead atoms. The van der Waals surface area contributed by atoms with Crippen molar-refractivity contribution >= 4 is 28.4 Å². The van der Waals surface area contributed by atoms with E-state index in [1.54, 1.807) is 36.9 Å². The third kappa shape index (κ3) is 3.91. The van der Waals surface area contributed by atoms with Crippen molar-refractivity contribution in [3.05, 3.63) is 60.7 Å². The second kappa shape index (κ2) is 9.13. The third-order valence-electron chi connectivity index (χ3n) is 7.18. The molecule has 2 atom stereocenters. The highest BCUT2D eigenvalue weighted by Crippen LogP contribution is 2.39. The van der Waals surface area contributed by atoms with Gasteiger partial charge in [-0.05, 0) is 38.5 Å². The van der Waals surface area contributed by atoms with Crippen LogP contribution in [0, 0.1) is 11.3 Å². The molecule has 0 spiro atoms. The summed E-state index contributed by atoms with van der Waals surface area (Å²) in [5.74, 6) is 1.39. The van der Waals surface area contributed by atoms with Crippen LogP contribution < -0.4 is 9.80 Å². The van der Waals surface area contributed by atoms with Crippen molar-refractivity contribution in [2.45, 2.75) is 32.4 Å². The van der Waals surface area contributed by atoms with E-state index in [0.717, 1.165) is 42.0 Å². The molecular weight excluding hydrogens is 468 g/mol. The van der Waals surface area contributed by atoms with E-state index in [4.69, 9.17) is 4.98 Å². The van der Waals surface area contributed by atoms with Crippen molar-refractivity contribution in [1.82, 2.24) is 34.4 Å². The number of fused-ring (bicyclic) bond motifs is 1. The fourth-order valence-electron chi connectivity index (χ4n) is 5.11. The van der Waals surface area contributed by atoms with Crippen LogP contribution in [0.1, 0.15) is 36.3 Å². The van der Waals surface area contributed by atoms with Crippen LogP contribution in [0.5, 0.6) is 0 Å². The number of carbonyl (C=O) groups excluding carboxylic acids is 1. The first-order chi connectivity index (χ1) is 18.0. The van der Waals surface area contributed by atoms with E-state index in [0.29, 0.717) is 30.2 Å². The number of nitriles is 1. The molecular formula is C26H26N10O. The highest BCUT2D eigenvalue weighted by atomic mass is 16.2. The Morgan fingerprint density at radius 2 is 1.89 bits per heavy atom. The van der Waals surface area contributed by atoms with Crippen molar-refractivity contribution in [2.24, 2.45) is 0 Å². The molecule has 0 aliphatic carbocycles. The Balaban J connectivity index is 1.40. The number of hydrogen-bond donors (Lipinski definition) is 0. The minimum absolute atomic E-state index is 0.0210. The van der Waals surface area contributed by atoms with E-state index in [2.05, 4.69) is 55.8 Å². The van der Waals surface area contributed by atoms with Gasteiger partial charge in [-0.3, -0.25) is 9.36 Å². The predicted molar refractivity (Wildman–Crippen MR) is 138 cm³/mol. The molecule has 4 aromatic rings. The maximum absolute atomic E-state index is 13.2. The number of piperazine rings is 1. The molecule has 186 valence electrons. The molecule has 1 amide bonds. The molecule has 37 heavy (non-hydrogen) atoms. The second-order valence-corrected chi connectivity index (χ2v) is 9.54. The summed E-state index contributed by atoms with van der Waals surface area (Å²) in [6, 6.07) is 7.27. The molecule has 0 radical (unpaired) electrons. The number of carbonyl (C=O) groups is 1. The molecule has 0 saturated carbocycles. The summed E-state index contributed by atoms with van der Waals surface area (Å²) >= 11 is 0. The summed E-state index contributed by atoms with van der Waals surface area (Å²) in [5, 5.41) is 10.4. The molecule has 11 heteroatoms. The maximum Gasteiger partial charge on any atom is 0.272 e. The van der Waals surface area contributed by atoms with Crippen molar-refractivity contribution in [2.75, 3.05) is 36.0 Å². The zero-order chi connectivity index (χ0) is 25.5. The fourth-order valence-corrected chi connectivity index (χ4v) is 5.11. The average Bonchev–Trinajstić information content (AvgIpc) is 3.28. The Bertz CT molecular complexity index is 1510. The van der Waals surface area contributed by atoms with Crippen LogP contribution in [0.15, 0.2) is 49.4 Å². The smallest absolute Gasteiger partial charge is 0.272 e. The monoisotopic (exact) mass is 494 g/mol. The standard InChI is InChI=1S/C26H26N10O/c1-17-13-35(26(37)20-5-6-28-15-30-20)18(2)12-34(17)24-23-21(33-8-3-9-33)14-36(25(23)32-16-31-24)22-10-19(11-27)4-7-29-22/h4-7,10,14-18H,3,8-9,12-13H2,1-2H3/t17-,18+/m0/s1. The molecule has 11 nitrogen and oxygen atoms in total. The van der Waals surface area contributed by atoms with E-state index in [1.807, 2.05) is 9.47 Å². The van der Waals surface area contributed by atoms with Gasteiger partial charge >= 0.3 is 0 Å². The minimum Gasteiger partial charge on any atom is -0.369 e. The van der Waals surface area contributed by atoms with E-state index in [-0.39, 0.29) is 18.0 Å². The summed E-state index contributed by atoms with van der Waals surface area (Å²) in [6.07, 6.45) is 9.40. The number of anilines is 2. The minimum atomic E-state index is -0.0925. The van der Waals surface area contributed by atoms with Crippen LogP contribution in [0.4, 0.5) is 11.5 Å². The van der Waals surface area contributed by atoms with Crippen molar-refractivity contribution < 1.29 is 4.79 Å². The molecule has 4 aromatic heterocycles. The lowest BCUT2D eigenvalue weighted by molar-refractivity contribution is 0.0638. The molecule has 6 rings (SSSR count). The lowest BCUT2D eigenvalue weighted by Crippen LogP contribution is -2.58. The van der Waals surface area contributed by atoms with E-state index in [1.165, 1.54) is 6.33 Å². The SMILES string of the molecule is C[C@@H]1CN(c2ncnc3c2c(N2CCC2)cn3-c2cc(C#N)ccn2)[C@@H](C)CN1C(=O)c1ccncn1. The van der Waals surface area contributed by atoms with Crippen LogP contribution in [0.3, 0.4) is 0 Å². The molecule has 2 aliphatic heterocycles. The van der Waals surface area contributed by atoms with Gasteiger partial charge in [0.05, 0.1) is 22.7 Å². The number of aromatic nitrogens is 6.